The van der Waals surface area contributed by atoms with E-state index in [-0.39, 0.29) is 17.5 Å². The summed E-state index contributed by atoms with van der Waals surface area (Å²) in [5, 5.41) is 15.6. The normalized spacial score (nSPS) is 11.1. The first-order valence-corrected chi connectivity index (χ1v) is 9.78. The molecule has 4 nitrogen and oxygen atoms in total. The van der Waals surface area contributed by atoms with Gasteiger partial charge < -0.3 is 15.0 Å². The number of halogens is 1. The van der Waals surface area contributed by atoms with Crippen molar-refractivity contribution >= 4 is 28.1 Å². The number of amides is 1. The Bertz CT molecular complexity index is 1130. The molecule has 0 aliphatic rings. The van der Waals surface area contributed by atoms with Crippen LogP contribution in [0.4, 0.5) is 4.39 Å². The maximum Gasteiger partial charge on any atom is 0.254 e. The predicted octanol–water partition coefficient (Wildman–Crippen LogP) is 4.83. The number of hydrogen-bond acceptors (Lipinski definition) is 3. The first-order chi connectivity index (χ1) is 13.5. The minimum absolute atomic E-state index is 0.119. The van der Waals surface area contributed by atoms with E-state index in [1.165, 1.54) is 17.0 Å². The maximum atomic E-state index is 13.1. The SMILES string of the molecule is Cc1c(C(=O)NCc2ccc(F)cc2)c2cc(O)ccc2n1Cc1cccs1. The fraction of sp³-hybridized carbons (Fsp3) is 0.136. The van der Waals surface area contributed by atoms with Crippen LogP contribution in [0.5, 0.6) is 5.75 Å². The zero-order valence-corrected chi connectivity index (χ0v) is 16.1. The molecule has 0 spiro atoms. The molecule has 0 bridgehead atoms. The quantitative estimate of drug-likeness (QED) is 0.509. The number of carbonyl (C=O) groups excluding carboxylic acids is 1. The first-order valence-electron chi connectivity index (χ1n) is 8.90. The molecule has 2 aromatic carbocycles. The van der Waals surface area contributed by atoms with E-state index in [0.717, 1.165) is 16.8 Å². The maximum absolute atomic E-state index is 13.1. The van der Waals surface area contributed by atoms with Crippen molar-refractivity contribution in [2.45, 2.75) is 20.0 Å². The Morgan fingerprint density at radius 3 is 2.68 bits per heavy atom. The number of phenolic OH excluding ortho intramolecular Hbond substituents is 1. The highest BCUT2D eigenvalue weighted by Gasteiger charge is 2.20. The number of benzene rings is 2. The van der Waals surface area contributed by atoms with E-state index >= 15 is 0 Å². The molecular formula is C22H19FN2O2S. The minimum Gasteiger partial charge on any atom is -0.508 e. The molecule has 2 N–H and O–H groups in total. The van der Waals surface area contributed by atoms with Crippen LogP contribution in [0, 0.1) is 12.7 Å². The second kappa shape index (κ2) is 7.48. The summed E-state index contributed by atoms with van der Waals surface area (Å²) in [7, 11) is 0. The Morgan fingerprint density at radius 1 is 1.18 bits per heavy atom. The molecule has 4 rings (SSSR count). The summed E-state index contributed by atoms with van der Waals surface area (Å²) in [5.41, 5.74) is 3.10. The number of aromatic nitrogens is 1. The van der Waals surface area contributed by atoms with E-state index in [2.05, 4.69) is 16.0 Å². The summed E-state index contributed by atoms with van der Waals surface area (Å²) >= 11 is 1.66. The van der Waals surface area contributed by atoms with Gasteiger partial charge in [0.1, 0.15) is 11.6 Å². The van der Waals surface area contributed by atoms with E-state index < -0.39 is 0 Å². The molecule has 4 aromatic rings. The molecule has 0 fully saturated rings. The van der Waals surface area contributed by atoms with Crippen LogP contribution in [-0.4, -0.2) is 15.6 Å². The molecule has 1 amide bonds. The smallest absolute Gasteiger partial charge is 0.254 e. The summed E-state index contributed by atoms with van der Waals surface area (Å²) in [6.45, 7) is 2.88. The van der Waals surface area contributed by atoms with Crippen molar-refractivity contribution in [3.63, 3.8) is 0 Å². The summed E-state index contributed by atoms with van der Waals surface area (Å²) in [6, 6.07) is 15.2. The lowest BCUT2D eigenvalue weighted by atomic mass is 10.1. The van der Waals surface area contributed by atoms with Gasteiger partial charge in [-0.05, 0) is 54.3 Å². The van der Waals surface area contributed by atoms with Gasteiger partial charge in [0.05, 0.1) is 12.1 Å². The van der Waals surface area contributed by atoms with E-state index in [0.29, 0.717) is 24.0 Å². The average molecular weight is 394 g/mol. The van der Waals surface area contributed by atoms with Crippen molar-refractivity contribution < 1.29 is 14.3 Å². The lowest BCUT2D eigenvalue weighted by Crippen LogP contribution is -2.23. The van der Waals surface area contributed by atoms with Gasteiger partial charge >= 0.3 is 0 Å². The van der Waals surface area contributed by atoms with Gasteiger partial charge in [-0.1, -0.05) is 18.2 Å². The Balaban J connectivity index is 1.68. The number of thiophene rings is 1. The van der Waals surface area contributed by atoms with E-state index in [9.17, 15) is 14.3 Å². The van der Waals surface area contributed by atoms with Gasteiger partial charge in [0, 0.05) is 28.0 Å². The lowest BCUT2D eigenvalue weighted by Gasteiger charge is -2.08. The Hall–Kier alpha value is -3.12. The highest BCUT2D eigenvalue weighted by atomic mass is 32.1. The van der Waals surface area contributed by atoms with Gasteiger partial charge in [-0.2, -0.15) is 0 Å². The second-order valence-electron chi connectivity index (χ2n) is 6.64. The monoisotopic (exact) mass is 394 g/mol. The summed E-state index contributed by atoms with van der Waals surface area (Å²) in [4.78, 5) is 14.2. The van der Waals surface area contributed by atoms with Crippen LogP contribution in [-0.2, 0) is 13.1 Å². The van der Waals surface area contributed by atoms with E-state index in [1.807, 2.05) is 24.4 Å². The largest absolute Gasteiger partial charge is 0.508 e. The number of nitrogens with one attached hydrogen (secondary N) is 1. The number of carbonyl (C=O) groups is 1. The molecule has 6 heteroatoms. The lowest BCUT2D eigenvalue weighted by molar-refractivity contribution is 0.0951. The molecular weight excluding hydrogens is 375 g/mol. The summed E-state index contributed by atoms with van der Waals surface area (Å²) in [5.74, 6) is -0.409. The number of fused-ring (bicyclic) bond motifs is 1. The van der Waals surface area contributed by atoms with Crippen LogP contribution in [0.1, 0.15) is 26.5 Å². The number of hydrogen-bond donors (Lipinski definition) is 2. The van der Waals surface area contributed by atoms with E-state index in [4.69, 9.17) is 0 Å². The molecule has 0 radical (unpaired) electrons. The molecule has 0 unspecified atom stereocenters. The fourth-order valence-electron chi connectivity index (χ4n) is 3.39. The molecule has 2 aromatic heterocycles. The van der Waals surface area contributed by atoms with Gasteiger partial charge in [-0.3, -0.25) is 4.79 Å². The molecule has 0 saturated carbocycles. The van der Waals surface area contributed by atoms with Crippen LogP contribution in [0.15, 0.2) is 60.0 Å². The summed E-state index contributed by atoms with van der Waals surface area (Å²) < 4.78 is 15.2. The Morgan fingerprint density at radius 2 is 1.96 bits per heavy atom. The fourth-order valence-corrected chi connectivity index (χ4v) is 4.08. The predicted molar refractivity (Wildman–Crippen MR) is 109 cm³/mol. The summed E-state index contributed by atoms with van der Waals surface area (Å²) in [6.07, 6.45) is 0. The van der Waals surface area contributed by atoms with Gasteiger partial charge in [0.15, 0.2) is 0 Å². The van der Waals surface area contributed by atoms with Crippen molar-refractivity contribution in [1.29, 1.82) is 0 Å². The number of phenols is 1. The first kappa shape index (κ1) is 18.3. The van der Waals surface area contributed by atoms with Crippen LogP contribution < -0.4 is 5.32 Å². The van der Waals surface area contributed by atoms with Crippen LogP contribution in [0.2, 0.25) is 0 Å². The van der Waals surface area contributed by atoms with Crippen molar-refractivity contribution in [3.05, 3.63) is 87.5 Å². The average Bonchev–Trinajstić information content (AvgIpc) is 3.28. The highest BCUT2D eigenvalue weighted by molar-refractivity contribution is 7.09. The third-order valence-electron chi connectivity index (χ3n) is 4.79. The molecule has 0 aliphatic carbocycles. The molecule has 142 valence electrons. The molecule has 2 heterocycles. The van der Waals surface area contributed by atoms with Gasteiger partial charge in [-0.15, -0.1) is 11.3 Å². The zero-order valence-electron chi connectivity index (χ0n) is 15.3. The number of nitrogens with zero attached hydrogens (tertiary/aromatic N) is 1. The second-order valence-corrected chi connectivity index (χ2v) is 7.67. The van der Waals surface area contributed by atoms with Crippen molar-refractivity contribution in [2.24, 2.45) is 0 Å². The van der Waals surface area contributed by atoms with E-state index in [1.54, 1.807) is 35.6 Å². The number of aromatic hydroxyl groups is 1. The zero-order chi connectivity index (χ0) is 19.7. The van der Waals surface area contributed by atoms with Crippen LogP contribution in [0.3, 0.4) is 0 Å². The topological polar surface area (TPSA) is 54.3 Å². The molecule has 0 atom stereocenters. The standard InChI is InChI=1S/C22H19FN2O2S/c1-14-21(22(27)24-12-15-4-6-16(23)7-5-15)19-11-17(26)8-9-20(19)25(14)13-18-3-2-10-28-18/h2-11,26H,12-13H2,1H3,(H,24,27). The molecule has 0 aliphatic heterocycles. The van der Waals surface area contributed by atoms with Crippen molar-refractivity contribution in [1.82, 2.24) is 9.88 Å². The highest BCUT2D eigenvalue weighted by Crippen LogP contribution is 2.30. The van der Waals surface area contributed by atoms with Crippen molar-refractivity contribution in [2.75, 3.05) is 0 Å². The third kappa shape index (κ3) is 3.51. The van der Waals surface area contributed by atoms with Crippen LogP contribution in [0.25, 0.3) is 10.9 Å². The molecule has 0 saturated heterocycles. The van der Waals surface area contributed by atoms with Crippen LogP contribution >= 0.6 is 11.3 Å². The van der Waals surface area contributed by atoms with Gasteiger partial charge in [0.25, 0.3) is 5.91 Å². The Labute approximate surface area is 165 Å². The van der Waals surface area contributed by atoms with Gasteiger partial charge in [-0.25, -0.2) is 4.39 Å². The number of rotatable bonds is 5. The van der Waals surface area contributed by atoms with Gasteiger partial charge in [0.2, 0.25) is 0 Å². The minimum atomic E-state index is -0.307. The van der Waals surface area contributed by atoms with Crippen molar-refractivity contribution in [3.8, 4) is 5.75 Å². The Kier molecular flexibility index (Phi) is 4.88. The third-order valence-corrected chi connectivity index (χ3v) is 5.66. The molecule has 28 heavy (non-hydrogen) atoms.